The highest BCUT2D eigenvalue weighted by atomic mass is 32.2. The monoisotopic (exact) mass is 829 g/mol. The second-order valence-corrected chi connectivity index (χ2v) is 13.3. The number of nitrogens with zero attached hydrogens (tertiary/aromatic N) is 8. The SMILES string of the molecule is COc1cc(N=Nc2ccc([N+](=O)[O-])cc2C)c(C)cc1N=Nc1c(SOO)cc2ccc(N=Nc3c(C(=O)O)[nH]n(-c4ccc(SOOO)cc4)c3=O)cc2c1O. The van der Waals surface area contributed by atoms with E-state index in [1.54, 1.807) is 38.1 Å². The van der Waals surface area contributed by atoms with Gasteiger partial charge in [0.25, 0.3) is 11.2 Å². The summed E-state index contributed by atoms with van der Waals surface area (Å²) in [7, 11) is 1.40. The molecular weight excluding hydrogens is 803 g/mol. The average Bonchev–Trinajstić information content (AvgIpc) is 3.55. The number of ether oxygens (including phenoxy) is 1. The molecule has 0 amide bonds. The lowest BCUT2D eigenvalue weighted by Crippen LogP contribution is -2.13. The molecule has 1 aromatic heterocycles. The van der Waals surface area contributed by atoms with E-state index >= 15 is 0 Å². The molecule has 0 spiro atoms. The van der Waals surface area contributed by atoms with Gasteiger partial charge in [0.1, 0.15) is 17.1 Å². The molecule has 0 aliphatic heterocycles. The summed E-state index contributed by atoms with van der Waals surface area (Å²) < 4.78 is 15.1. The molecule has 21 nitrogen and oxygen atoms in total. The van der Waals surface area contributed by atoms with E-state index in [0.29, 0.717) is 56.9 Å². The maximum atomic E-state index is 13.3. The van der Waals surface area contributed by atoms with Crippen molar-refractivity contribution in [2.45, 2.75) is 23.6 Å². The molecule has 6 rings (SSSR count). The van der Waals surface area contributed by atoms with Gasteiger partial charge in [-0.1, -0.05) is 11.1 Å². The highest BCUT2D eigenvalue weighted by Crippen LogP contribution is 2.46. The van der Waals surface area contributed by atoms with Crippen molar-refractivity contribution < 1.29 is 48.9 Å². The first-order valence-electron chi connectivity index (χ1n) is 16.2. The second kappa shape index (κ2) is 17.9. The molecule has 6 aromatic rings. The van der Waals surface area contributed by atoms with Crippen LogP contribution < -0.4 is 10.3 Å². The normalized spacial score (nSPS) is 11.7. The summed E-state index contributed by atoms with van der Waals surface area (Å²) in [6.45, 7) is 3.42. The molecule has 296 valence electrons. The fraction of sp³-hybridized carbons (Fsp3) is 0.0857. The number of aromatic carboxylic acids is 1. The van der Waals surface area contributed by atoms with Crippen molar-refractivity contribution >= 4 is 80.6 Å². The van der Waals surface area contributed by atoms with Gasteiger partial charge in [0.15, 0.2) is 17.1 Å². The number of methoxy groups -OCH3 is 1. The van der Waals surface area contributed by atoms with Crippen LogP contribution >= 0.6 is 24.1 Å². The van der Waals surface area contributed by atoms with Crippen molar-refractivity contribution in [1.29, 1.82) is 0 Å². The fourth-order valence-corrected chi connectivity index (χ4v) is 6.17. The largest absolute Gasteiger partial charge is 0.505 e. The van der Waals surface area contributed by atoms with Gasteiger partial charge in [-0.05, 0) is 85.0 Å². The van der Waals surface area contributed by atoms with E-state index in [2.05, 4.69) is 49.5 Å². The fourth-order valence-electron chi connectivity index (χ4n) is 5.35. The lowest BCUT2D eigenvalue weighted by molar-refractivity contribution is -0.432. The smallest absolute Gasteiger partial charge is 0.356 e. The summed E-state index contributed by atoms with van der Waals surface area (Å²) in [6.07, 6.45) is 0. The summed E-state index contributed by atoms with van der Waals surface area (Å²) >= 11 is 1.19. The topological polar surface area (TPSA) is 290 Å². The molecule has 58 heavy (non-hydrogen) atoms. The standard InChI is InChI=1S/C35H27N9O12S2/c1-17-12-22(44(49)50)8-11-25(17)37-38-26-16-28(53-3)27(13-18(26)2)39-40-30-29(58-55-52)14-19-4-5-20(15-24(19)33(30)45)36-41-31-32(35(47)48)42-43(34(31)46)21-6-9-23(10-7-21)57-56-54-51/h4-16,42,45,51-52H,1-3H3,(H,47,48). The van der Waals surface area contributed by atoms with Crippen molar-refractivity contribution in [1.82, 2.24) is 9.78 Å². The molecular formula is C35H27N9O12S2. The number of nitro benzene ring substituents is 1. The first-order chi connectivity index (χ1) is 27.9. The number of azo groups is 3. The number of carboxylic acids is 1. The Bertz CT molecular complexity index is 2700. The third kappa shape index (κ3) is 8.90. The molecule has 0 saturated heterocycles. The molecule has 5 N–H and O–H groups in total. The number of hydrogen-bond donors (Lipinski definition) is 5. The van der Waals surface area contributed by atoms with Crippen molar-refractivity contribution in [3.05, 3.63) is 116 Å². The zero-order valence-corrected chi connectivity index (χ0v) is 31.6. The number of fused-ring (bicyclic) bond motifs is 1. The molecule has 0 unspecified atom stereocenters. The quantitative estimate of drug-likeness (QED) is 0.0211. The molecule has 0 aliphatic rings. The van der Waals surface area contributed by atoms with Crippen molar-refractivity contribution in [3.8, 4) is 17.2 Å². The minimum Gasteiger partial charge on any atom is -0.505 e. The Morgan fingerprint density at radius 1 is 0.828 bits per heavy atom. The number of nitrogens with one attached hydrogen (secondary N) is 1. The van der Waals surface area contributed by atoms with Crippen LogP contribution in [0, 0.1) is 24.0 Å². The zero-order valence-electron chi connectivity index (χ0n) is 30.0. The van der Waals surface area contributed by atoms with Gasteiger partial charge in [-0.15, -0.1) is 19.7 Å². The van der Waals surface area contributed by atoms with Gasteiger partial charge in [-0.2, -0.15) is 19.7 Å². The lowest BCUT2D eigenvalue weighted by atomic mass is 10.1. The predicted octanol–water partition coefficient (Wildman–Crippen LogP) is 10.4. The molecule has 0 atom stereocenters. The van der Waals surface area contributed by atoms with Crippen LogP contribution in [-0.2, 0) is 13.7 Å². The van der Waals surface area contributed by atoms with Crippen LogP contribution in [0.25, 0.3) is 16.5 Å². The van der Waals surface area contributed by atoms with Crippen molar-refractivity contribution in [3.63, 3.8) is 0 Å². The summed E-state index contributed by atoms with van der Waals surface area (Å²) in [5.74, 6) is -1.64. The number of aromatic amines is 1. The van der Waals surface area contributed by atoms with E-state index in [9.17, 15) is 35.2 Å². The molecule has 0 fully saturated rings. The van der Waals surface area contributed by atoms with Crippen molar-refractivity contribution in [2.75, 3.05) is 7.11 Å². The van der Waals surface area contributed by atoms with Gasteiger partial charge in [0, 0.05) is 28.5 Å². The Morgan fingerprint density at radius 2 is 1.53 bits per heavy atom. The van der Waals surface area contributed by atoms with E-state index < -0.39 is 33.6 Å². The van der Waals surface area contributed by atoms with E-state index in [0.717, 1.165) is 4.68 Å². The summed E-state index contributed by atoms with van der Waals surface area (Å²) in [5, 5.41) is 81.7. The summed E-state index contributed by atoms with van der Waals surface area (Å²) in [4.78, 5) is 36.6. The number of phenolic OH excluding ortho intramolecular Hbond substituents is 1. The number of nitro groups is 1. The van der Waals surface area contributed by atoms with Gasteiger partial charge < -0.3 is 14.9 Å². The number of benzene rings is 5. The van der Waals surface area contributed by atoms with Crippen LogP contribution in [-0.4, -0.2) is 48.5 Å². The van der Waals surface area contributed by atoms with E-state index in [1.807, 2.05) is 0 Å². The van der Waals surface area contributed by atoms with Crippen LogP contribution in [0.3, 0.4) is 0 Å². The van der Waals surface area contributed by atoms with Gasteiger partial charge >= 0.3 is 5.97 Å². The first-order valence-corrected chi connectivity index (χ1v) is 17.7. The second-order valence-electron chi connectivity index (χ2n) is 11.8. The number of carbonyl (C=O) groups is 1. The third-order valence-electron chi connectivity index (χ3n) is 8.18. The maximum Gasteiger partial charge on any atom is 0.356 e. The Hall–Kier alpha value is -6.86. The van der Waals surface area contributed by atoms with Crippen LogP contribution in [0.5, 0.6) is 11.5 Å². The van der Waals surface area contributed by atoms with Crippen LogP contribution in [0.1, 0.15) is 21.6 Å². The maximum absolute atomic E-state index is 13.3. The number of phenols is 1. The third-order valence-corrected chi connectivity index (χ3v) is 9.33. The number of carboxylic acid groups (broad SMARTS) is 1. The van der Waals surface area contributed by atoms with Crippen molar-refractivity contribution in [2.24, 2.45) is 30.7 Å². The number of rotatable bonds is 15. The minimum absolute atomic E-state index is 0.0700. The molecule has 5 aromatic carbocycles. The molecule has 0 saturated carbocycles. The van der Waals surface area contributed by atoms with E-state index in [1.165, 1.54) is 61.7 Å². The van der Waals surface area contributed by atoms with Crippen LogP contribution in [0.15, 0.2) is 124 Å². The Morgan fingerprint density at radius 3 is 2.21 bits per heavy atom. The number of hydrogen-bond acceptors (Lipinski definition) is 19. The van der Waals surface area contributed by atoms with E-state index in [-0.39, 0.29) is 44.5 Å². The Kier molecular flexibility index (Phi) is 12.6. The van der Waals surface area contributed by atoms with Gasteiger partial charge in [-0.3, -0.25) is 20.0 Å². The van der Waals surface area contributed by atoms with Gasteiger partial charge in [0.05, 0.1) is 63.8 Å². The van der Waals surface area contributed by atoms with E-state index in [4.69, 9.17) is 9.99 Å². The van der Waals surface area contributed by atoms with Gasteiger partial charge in [-0.25, -0.2) is 20.0 Å². The highest BCUT2D eigenvalue weighted by molar-refractivity contribution is 7.94. The number of H-pyrrole nitrogens is 1. The number of aromatic hydroxyl groups is 1. The number of aryl methyl sites for hydroxylation is 2. The van der Waals surface area contributed by atoms with Gasteiger partial charge in [0.2, 0.25) is 0 Å². The Balaban J connectivity index is 1.31. The van der Waals surface area contributed by atoms with Crippen LogP contribution in [0.4, 0.5) is 39.8 Å². The molecule has 0 radical (unpaired) electrons. The predicted molar refractivity (Wildman–Crippen MR) is 207 cm³/mol. The first kappa shape index (κ1) is 40.8. The summed E-state index contributed by atoms with van der Waals surface area (Å²) in [6, 6.07) is 19.4. The number of non-ortho nitro benzene ring substituents is 1. The Labute approximate surface area is 333 Å². The lowest BCUT2D eigenvalue weighted by Gasteiger charge is -2.10. The zero-order chi connectivity index (χ0) is 41.5. The number of aromatic nitrogens is 2. The molecule has 23 heteroatoms. The van der Waals surface area contributed by atoms with Crippen LogP contribution in [0.2, 0.25) is 0 Å². The average molecular weight is 830 g/mol. The minimum atomic E-state index is -1.48. The molecule has 1 heterocycles. The summed E-state index contributed by atoms with van der Waals surface area (Å²) in [5.41, 5.74) is 0.565. The molecule has 0 bridgehead atoms. The molecule has 0 aliphatic carbocycles. The highest BCUT2D eigenvalue weighted by Gasteiger charge is 2.22.